The molecule has 7 nitrogen and oxygen atoms in total. The van der Waals surface area contributed by atoms with E-state index in [0.717, 1.165) is 57.5 Å². The number of nitrogens with zero attached hydrogens (tertiary/aromatic N) is 1. The molecule has 2 aromatic carbocycles. The first-order chi connectivity index (χ1) is 18.8. The lowest BCUT2D eigenvalue weighted by atomic mass is 9.97. The van der Waals surface area contributed by atoms with Crippen molar-refractivity contribution in [2.24, 2.45) is 0 Å². The number of para-hydroxylation sites is 1. The summed E-state index contributed by atoms with van der Waals surface area (Å²) in [5.41, 5.74) is 7.85. The van der Waals surface area contributed by atoms with Crippen LogP contribution in [0.4, 0.5) is 0 Å². The number of aliphatic hydroxyl groups is 1. The molecule has 204 valence electrons. The maximum atomic E-state index is 13.7. The lowest BCUT2D eigenvalue weighted by Gasteiger charge is -2.23. The lowest BCUT2D eigenvalue weighted by molar-refractivity contribution is 0.0916. The zero-order chi connectivity index (χ0) is 27.7. The Kier molecular flexibility index (Phi) is 7.53. The van der Waals surface area contributed by atoms with Gasteiger partial charge in [-0.05, 0) is 82.0 Å². The van der Waals surface area contributed by atoms with Crippen LogP contribution in [0.1, 0.15) is 54.9 Å². The summed E-state index contributed by atoms with van der Waals surface area (Å²) in [7, 11) is 1.66. The number of aromatic amines is 1. The Labute approximate surface area is 229 Å². The van der Waals surface area contributed by atoms with Crippen molar-refractivity contribution in [1.29, 1.82) is 0 Å². The summed E-state index contributed by atoms with van der Waals surface area (Å²) in [5.74, 6) is 1.21. The minimum Gasteiger partial charge on any atom is -0.493 e. The Balaban J connectivity index is 1.50. The van der Waals surface area contributed by atoms with Gasteiger partial charge in [0.25, 0.3) is 5.91 Å². The zero-order valence-corrected chi connectivity index (χ0v) is 23.3. The van der Waals surface area contributed by atoms with Crippen molar-refractivity contribution in [3.63, 3.8) is 0 Å². The molecule has 3 heterocycles. The van der Waals surface area contributed by atoms with E-state index in [2.05, 4.69) is 27.0 Å². The van der Waals surface area contributed by atoms with E-state index < -0.39 is 6.04 Å². The number of carbonyl (C=O) groups excluding carboxylic acids is 1. The van der Waals surface area contributed by atoms with Crippen LogP contribution in [0.2, 0.25) is 0 Å². The van der Waals surface area contributed by atoms with Crippen LogP contribution in [0.25, 0.3) is 28.2 Å². The molecular weight excluding hydrogens is 490 g/mol. The second-order valence-electron chi connectivity index (χ2n) is 10.7. The molecule has 0 fully saturated rings. The standard InChI is InChI=1S/C32H37N3O4/c1-19(2)12-28-26(32(37)34-23(18-36)13-22-17-33-27-9-7-6-8-24(22)27)15-29-25-16-31(39-20(3)4)30(38-5)14-21(25)10-11-35(28)29/h6-9,12,14-17,20,23,33,36H,10-11,13,18H2,1-5H3,(H,34,37). The number of fused-ring (bicyclic) bond motifs is 4. The van der Waals surface area contributed by atoms with Crippen molar-refractivity contribution >= 4 is 22.9 Å². The van der Waals surface area contributed by atoms with Crippen LogP contribution in [0.3, 0.4) is 0 Å². The number of aromatic nitrogens is 2. The molecule has 7 heteroatoms. The van der Waals surface area contributed by atoms with Crippen molar-refractivity contribution in [3.8, 4) is 22.8 Å². The lowest BCUT2D eigenvalue weighted by Crippen LogP contribution is -2.39. The van der Waals surface area contributed by atoms with Gasteiger partial charge >= 0.3 is 0 Å². The number of H-pyrrole nitrogens is 1. The van der Waals surface area contributed by atoms with Gasteiger partial charge in [-0.25, -0.2) is 0 Å². The second-order valence-corrected chi connectivity index (χ2v) is 10.7. The average Bonchev–Trinajstić information content (AvgIpc) is 3.49. The van der Waals surface area contributed by atoms with Crippen LogP contribution in [0.5, 0.6) is 11.5 Å². The SMILES string of the molecule is COc1cc2c(cc1OC(C)C)-c1cc(C(=O)NC(CO)Cc3c[nH]c4ccccc34)c(C=C(C)C)n1CC2. The fourth-order valence-corrected chi connectivity index (χ4v) is 5.41. The summed E-state index contributed by atoms with van der Waals surface area (Å²) >= 11 is 0. The van der Waals surface area contributed by atoms with Crippen LogP contribution in [0, 0.1) is 0 Å². The normalized spacial score (nSPS) is 13.1. The Morgan fingerprint density at radius 2 is 1.97 bits per heavy atom. The highest BCUT2D eigenvalue weighted by Gasteiger charge is 2.27. The van der Waals surface area contributed by atoms with E-state index >= 15 is 0 Å². The third kappa shape index (κ3) is 5.32. The number of aliphatic hydroxyl groups excluding tert-OH is 1. The molecule has 0 aliphatic carbocycles. The Morgan fingerprint density at radius 3 is 2.69 bits per heavy atom. The molecule has 3 N–H and O–H groups in total. The van der Waals surface area contributed by atoms with Crippen LogP contribution >= 0.6 is 0 Å². The number of amides is 1. The van der Waals surface area contributed by atoms with E-state index in [1.807, 2.05) is 70.3 Å². The van der Waals surface area contributed by atoms with Gasteiger partial charge in [-0.3, -0.25) is 4.79 Å². The van der Waals surface area contributed by atoms with Gasteiger partial charge in [0.1, 0.15) is 0 Å². The second kappa shape index (κ2) is 11.0. The summed E-state index contributed by atoms with van der Waals surface area (Å²) in [4.78, 5) is 17.0. The van der Waals surface area contributed by atoms with Gasteiger partial charge in [0.15, 0.2) is 11.5 Å². The quantitative estimate of drug-likeness (QED) is 0.259. The van der Waals surface area contributed by atoms with Gasteiger partial charge in [0.2, 0.25) is 0 Å². The Morgan fingerprint density at radius 1 is 1.18 bits per heavy atom. The monoisotopic (exact) mass is 527 g/mol. The summed E-state index contributed by atoms with van der Waals surface area (Å²) in [6, 6.07) is 13.7. The molecule has 0 bridgehead atoms. The summed E-state index contributed by atoms with van der Waals surface area (Å²) in [6.07, 6.45) is 5.36. The van der Waals surface area contributed by atoms with Crippen molar-refractivity contribution in [1.82, 2.24) is 14.9 Å². The van der Waals surface area contributed by atoms with Gasteiger partial charge in [-0.1, -0.05) is 23.8 Å². The molecule has 39 heavy (non-hydrogen) atoms. The number of carbonyl (C=O) groups is 1. The number of aryl methyl sites for hydroxylation is 1. The van der Waals surface area contributed by atoms with Crippen LogP contribution in [-0.4, -0.2) is 46.4 Å². The first kappa shape index (κ1) is 26.6. The first-order valence-electron chi connectivity index (χ1n) is 13.5. The maximum Gasteiger partial charge on any atom is 0.253 e. The van der Waals surface area contributed by atoms with E-state index in [9.17, 15) is 9.90 Å². The number of hydrogen-bond donors (Lipinski definition) is 3. The van der Waals surface area contributed by atoms with Gasteiger partial charge in [-0.2, -0.15) is 0 Å². The van der Waals surface area contributed by atoms with Gasteiger partial charge in [0, 0.05) is 34.9 Å². The minimum absolute atomic E-state index is 0.00228. The molecule has 1 atom stereocenters. The topological polar surface area (TPSA) is 88.5 Å². The number of methoxy groups -OCH3 is 1. The number of benzene rings is 2. The highest BCUT2D eigenvalue weighted by molar-refractivity contribution is 6.00. The zero-order valence-electron chi connectivity index (χ0n) is 23.3. The van der Waals surface area contributed by atoms with Crippen molar-refractivity contribution in [3.05, 3.63) is 76.6 Å². The molecule has 0 saturated heterocycles. The number of nitrogens with one attached hydrogen (secondary N) is 2. The molecule has 4 aromatic rings. The van der Waals surface area contributed by atoms with E-state index in [1.165, 1.54) is 0 Å². The molecule has 0 saturated carbocycles. The summed E-state index contributed by atoms with van der Waals surface area (Å²) < 4.78 is 13.9. The summed E-state index contributed by atoms with van der Waals surface area (Å²) in [6.45, 7) is 8.64. The third-order valence-corrected chi connectivity index (χ3v) is 7.14. The van der Waals surface area contributed by atoms with Crippen LogP contribution < -0.4 is 14.8 Å². The highest BCUT2D eigenvalue weighted by atomic mass is 16.5. The van der Waals surface area contributed by atoms with E-state index in [4.69, 9.17) is 9.47 Å². The van der Waals surface area contributed by atoms with Crippen molar-refractivity contribution < 1.29 is 19.4 Å². The van der Waals surface area contributed by atoms with E-state index in [1.54, 1.807) is 7.11 Å². The van der Waals surface area contributed by atoms with Gasteiger partial charge in [-0.15, -0.1) is 0 Å². The van der Waals surface area contributed by atoms with Gasteiger partial charge in [0.05, 0.1) is 37.1 Å². The number of rotatable bonds is 9. The molecule has 5 rings (SSSR count). The van der Waals surface area contributed by atoms with Gasteiger partial charge < -0.3 is 29.4 Å². The third-order valence-electron chi connectivity index (χ3n) is 7.14. The Bertz CT molecular complexity index is 1540. The van der Waals surface area contributed by atoms with Crippen molar-refractivity contribution in [2.45, 2.75) is 59.2 Å². The molecule has 1 aliphatic rings. The maximum absolute atomic E-state index is 13.7. The predicted octanol–water partition coefficient (Wildman–Crippen LogP) is 5.74. The van der Waals surface area contributed by atoms with Crippen LogP contribution in [0.15, 0.2) is 54.2 Å². The fraction of sp³-hybridized carbons (Fsp3) is 0.344. The predicted molar refractivity (Wildman–Crippen MR) is 156 cm³/mol. The first-order valence-corrected chi connectivity index (χ1v) is 13.5. The van der Waals surface area contributed by atoms with Crippen LogP contribution in [-0.2, 0) is 19.4 Å². The Hall–Kier alpha value is -3.97. The van der Waals surface area contributed by atoms with E-state index in [-0.39, 0.29) is 18.6 Å². The average molecular weight is 528 g/mol. The molecule has 0 spiro atoms. The molecule has 1 amide bonds. The molecular formula is C32H37N3O4. The molecule has 0 radical (unpaired) electrons. The fourth-order valence-electron chi connectivity index (χ4n) is 5.41. The van der Waals surface area contributed by atoms with E-state index in [0.29, 0.717) is 23.5 Å². The van der Waals surface area contributed by atoms with Crippen molar-refractivity contribution in [2.75, 3.05) is 13.7 Å². The number of hydrogen-bond acceptors (Lipinski definition) is 4. The summed E-state index contributed by atoms with van der Waals surface area (Å²) in [5, 5.41) is 14.4. The molecule has 1 aliphatic heterocycles. The largest absolute Gasteiger partial charge is 0.493 e. The highest BCUT2D eigenvalue weighted by Crippen LogP contribution is 2.41. The molecule has 2 aromatic heterocycles. The smallest absolute Gasteiger partial charge is 0.253 e. The molecule has 1 unspecified atom stereocenters. The minimum atomic E-state index is -0.421. The number of allylic oxidation sites excluding steroid dienone is 1. The number of ether oxygens (including phenoxy) is 2.